The van der Waals surface area contributed by atoms with Gasteiger partial charge in [-0.15, -0.1) is 5.10 Å². The molecule has 2 N–H and O–H groups in total. The lowest BCUT2D eigenvalue weighted by Crippen LogP contribution is -2.11. The fourth-order valence-corrected chi connectivity index (χ4v) is 2.25. The first kappa shape index (κ1) is 10.9. The highest BCUT2D eigenvalue weighted by atomic mass is 16.5. The summed E-state index contributed by atoms with van der Waals surface area (Å²) in [6.45, 7) is 0. The van der Waals surface area contributed by atoms with Gasteiger partial charge in [-0.2, -0.15) is 10.3 Å². The van der Waals surface area contributed by atoms with E-state index in [1.165, 1.54) is 19.0 Å². The number of H-pyrrole nitrogens is 1. The van der Waals surface area contributed by atoms with E-state index in [4.69, 9.17) is 4.52 Å². The minimum atomic E-state index is -0.361. The van der Waals surface area contributed by atoms with Crippen LogP contribution in [0.5, 0.6) is 0 Å². The average molecular weight is 247 g/mol. The Hall–Kier alpha value is -2.18. The highest BCUT2D eigenvalue weighted by Crippen LogP contribution is 2.33. The second-order valence-corrected chi connectivity index (χ2v) is 4.41. The topological polar surface area (TPSA) is 96.7 Å². The largest absolute Gasteiger partial charge is 0.351 e. The molecule has 1 aliphatic carbocycles. The Kier molecular flexibility index (Phi) is 2.79. The van der Waals surface area contributed by atoms with Crippen molar-refractivity contribution in [3.63, 3.8) is 0 Å². The fourth-order valence-electron chi connectivity index (χ4n) is 2.25. The number of anilines is 1. The summed E-state index contributed by atoms with van der Waals surface area (Å²) in [6, 6.07) is 1.71. The summed E-state index contributed by atoms with van der Waals surface area (Å²) < 4.78 is 5.07. The Bertz CT molecular complexity index is 527. The summed E-state index contributed by atoms with van der Waals surface area (Å²) in [5.41, 5.74) is 0.873. The number of carbonyl (C=O) groups excluding carboxylic acids is 1. The van der Waals surface area contributed by atoms with Crippen LogP contribution in [-0.2, 0) is 0 Å². The van der Waals surface area contributed by atoms with Gasteiger partial charge >= 0.3 is 0 Å². The van der Waals surface area contributed by atoms with E-state index in [1.54, 1.807) is 6.07 Å². The Morgan fingerprint density at radius 3 is 3.00 bits per heavy atom. The van der Waals surface area contributed by atoms with Gasteiger partial charge in [-0.05, 0) is 12.8 Å². The van der Waals surface area contributed by atoms with Gasteiger partial charge in [0.15, 0.2) is 5.82 Å². The molecule has 0 atom stereocenters. The molecule has 1 aliphatic rings. The molecule has 2 aromatic heterocycles. The first-order valence-corrected chi connectivity index (χ1v) is 5.96. The number of nitrogens with one attached hydrogen (secondary N) is 2. The highest BCUT2D eigenvalue weighted by Gasteiger charge is 2.22. The monoisotopic (exact) mass is 247 g/mol. The van der Waals surface area contributed by atoms with Crippen LogP contribution >= 0.6 is 0 Å². The summed E-state index contributed by atoms with van der Waals surface area (Å²) >= 11 is 0. The minimum Gasteiger partial charge on any atom is -0.351 e. The summed E-state index contributed by atoms with van der Waals surface area (Å²) in [7, 11) is 0. The van der Waals surface area contributed by atoms with Crippen LogP contribution in [-0.4, -0.2) is 26.5 Å². The lowest BCUT2D eigenvalue weighted by atomic mass is 10.0. The van der Waals surface area contributed by atoms with Crippen molar-refractivity contribution >= 4 is 11.7 Å². The van der Waals surface area contributed by atoms with Crippen LogP contribution < -0.4 is 5.32 Å². The van der Waals surface area contributed by atoms with Crippen molar-refractivity contribution in [3.05, 3.63) is 23.7 Å². The number of amides is 1. The molecule has 2 aromatic rings. The zero-order valence-electron chi connectivity index (χ0n) is 9.72. The molecule has 94 valence electrons. The third-order valence-corrected chi connectivity index (χ3v) is 3.18. The molecule has 1 saturated carbocycles. The van der Waals surface area contributed by atoms with E-state index in [-0.39, 0.29) is 11.7 Å². The zero-order chi connectivity index (χ0) is 12.4. The zero-order valence-corrected chi connectivity index (χ0v) is 9.72. The molecule has 0 aromatic carbocycles. The Labute approximate surface area is 103 Å². The van der Waals surface area contributed by atoms with E-state index >= 15 is 0 Å². The Morgan fingerprint density at radius 1 is 1.44 bits per heavy atom. The fraction of sp³-hybridized carbons (Fsp3) is 0.455. The molecule has 7 heteroatoms. The highest BCUT2D eigenvalue weighted by molar-refractivity contribution is 6.01. The van der Waals surface area contributed by atoms with Crippen molar-refractivity contribution in [3.8, 4) is 0 Å². The lowest BCUT2D eigenvalue weighted by molar-refractivity contribution is 0.0987. The predicted molar refractivity (Wildman–Crippen MR) is 62.0 cm³/mol. The molecular formula is C11H13N5O2. The number of aromatic nitrogens is 4. The van der Waals surface area contributed by atoms with Gasteiger partial charge < -0.3 is 9.84 Å². The number of hydrogen-bond acceptors (Lipinski definition) is 5. The number of rotatable bonds is 3. The molecule has 1 fully saturated rings. The maximum atomic E-state index is 11.8. The van der Waals surface area contributed by atoms with Crippen molar-refractivity contribution in [1.29, 1.82) is 0 Å². The van der Waals surface area contributed by atoms with Gasteiger partial charge in [0.05, 0.1) is 11.9 Å². The van der Waals surface area contributed by atoms with E-state index in [0.717, 1.165) is 18.5 Å². The molecule has 18 heavy (non-hydrogen) atoms. The molecule has 2 heterocycles. The third-order valence-electron chi connectivity index (χ3n) is 3.18. The van der Waals surface area contributed by atoms with Crippen LogP contribution in [0.2, 0.25) is 0 Å². The van der Waals surface area contributed by atoms with Gasteiger partial charge in [0.1, 0.15) is 0 Å². The lowest BCUT2D eigenvalue weighted by Gasteiger charge is -2.00. The molecule has 0 spiro atoms. The number of nitrogens with zero attached hydrogens (tertiary/aromatic N) is 3. The van der Waals surface area contributed by atoms with Crippen LogP contribution in [0.4, 0.5) is 5.82 Å². The molecule has 7 nitrogen and oxygen atoms in total. The third kappa shape index (κ3) is 2.11. The van der Waals surface area contributed by atoms with E-state index < -0.39 is 0 Å². The van der Waals surface area contributed by atoms with E-state index in [1.807, 2.05) is 0 Å². The molecule has 0 radical (unpaired) electrons. The van der Waals surface area contributed by atoms with Crippen molar-refractivity contribution in [1.82, 2.24) is 20.6 Å². The van der Waals surface area contributed by atoms with Crippen LogP contribution in [0.25, 0.3) is 0 Å². The first-order chi connectivity index (χ1) is 8.83. The quantitative estimate of drug-likeness (QED) is 0.860. The van der Waals surface area contributed by atoms with E-state index in [9.17, 15) is 4.79 Å². The Morgan fingerprint density at radius 2 is 2.28 bits per heavy atom. The van der Waals surface area contributed by atoms with Crippen molar-refractivity contribution in [2.45, 2.75) is 31.6 Å². The molecular weight excluding hydrogens is 234 g/mol. The Balaban J connectivity index is 1.70. The van der Waals surface area contributed by atoms with E-state index in [2.05, 4.69) is 25.9 Å². The number of carbonyl (C=O) groups is 1. The van der Waals surface area contributed by atoms with Crippen LogP contribution in [0.3, 0.4) is 0 Å². The minimum absolute atomic E-state index is 0.208. The summed E-state index contributed by atoms with van der Waals surface area (Å²) in [5, 5.41) is 16.3. The maximum absolute atomic E-state index is 11.8. The van der Waals surface area contributed by atoms with Gasteiger partial charge in [-0.3, -0.25) is 4.79 Å². The standard InChI is InChI=1S/C11H13N5O2/c17-11(13-10-6-12-16-14-10)9-5-8(15-18-9)7-3-1-2-4-7/h5-7H,1-4H2,(H2,12,13,14,16,17). The van der Waals surface area contributed by atoms with Crippen molar-refractivity contribution < 1.29 is 9.32 Å². The van der Waals surface area contributed by atoms with Crippen LogP contribution in [0.1, 0.15) is 47.8 Å². The summed E-state index contributed by atoms with van der Waals surface area (Å²) in [5.74, 6) is 0.640. The smallest absolute Gasteiger partial charge is 0.295 e. The van der Waals surface area contributed by atoms with Crippen LogP contribution in [0.15, 0.2) is 16.8 Å². The van der Waals surface area contributed by atoms with Gasteiger partial charge in [0.2, 0.25) is 5.76 Å². The average Bonchev–Trinajstić information content (AvgIpc) is 3.11. The van der Waals surface area contributed by atoms with Gasteiger partial charge in [-0.1, -0.05) is 18.0 Å². The molecule has 0 saturated heterocycles. The molecule has 3 rings (SSSR count). The van der Waals surface area contributed by atoms with Crippen molar-refractivity contribution in [2.24, 2.45) is 0 Å². The van der Waals surface area contributed by atoms with E-state index in [0.29, 0.717) is 11.7 Å². The SMILES string of the molecule is O=C(Nc1cn[nH]n1)c1cc(C2CCCC2)no1. The summed E-state index contributed by atoms with van der Waals surface area (Å²) in [6.07, 6.45) is 6.11. The number of aromatic amines is 1. The molecule has 0 aliphatic heterocycles. The summed E-state index contributed by atoms with van der Waals surface area (Å²) in [4.78, 5) is 11.8. The normalized spacial score (nSPS) is 16.0. The van der Waals surface area contributed by atoms with Gasteiger partial charge in [-0.25, -0.2) is 0 Å². The molecule has 0 bridgehead atoms. The predicted octanol–water partition coefficient (Wildman–Crippen LogP) is 1.70. The number of hydrogen-bond donors (Lipinski definition) is 2. The second kappa shape index (κ2) is 4.59. The maximum Gasteiger partial charge on any atom is 0.295 e. The van der Waals surface area contributed by atoms with Gasteiger partial charge in [0, 0.05) is 12.0 Å². The first-order valence-electron chi connectivity index (χ1n) is 5.96. The molecule has 0 unspecified atom stereocenters. The van der Waals surface area contributed by atoms with Crippen LogP contribution in [0, 0.1) is 0 Å². The second-order valence-electron chi connectivity index (χ2n) is 4.41. The van der Waals surface area contributed by atoms with Gasteiger partial charge in [0.25, 0.3) is 5.91 Å². The molecule has 1 amide bonds. The van der Waals surface area contributed by atoms with Crippen molar-refractivity contribution in [2.75, 3.05) is 5.32 Å².